The molecule has 110 valence electrons. The molecule has 2 rings (SSSR count). The Bertz CT molecular complexity index is 528. The molecule has 2 atom stereocenters. The topological polar surface area (TPSA) is 80.0 Å². The molecule has 0 saturated carbocycles. The van der Waals surface area contributed by atoms with Crippen molar-refractivity contribution in [2.24, 2.45) is 0 Å². The van der Waals surface area contributed by atoms with E-state index in [1.807, 2.05) is 27.7 Å². The fraction of sp³-hybridized carbons (Fsp3) is 0.571. The Morgan fingerprint density at radius 2 is 2.10 bits per heavy atom. The largest absolute Gasteiger partial charge is 0.479 e. The lowest BCUT2D eigenvalue weighted by Gasteiger charge is -2.45. The highest BCUT2D eigenvalue weighted by Crippen LogP contribution is 2.37. The van der Waals surface area contributed by atoms with Crippen molar-refractivity contribution in [2.45, 2.75) is 45.4 Å². The van der Waals surface area contributed by atoms with Gasteiger partial charge in [0.15, 0.2) is 6.10 Å². The Morgan fingerprint density at radius 3 is 2.55 bits per heavy atom. The van der Waals surface area contributed by atoms with Crippen LogP contribution in [0.2, 0.25) is 0 Å². The molecule has 6 heteroatoms. The number of ether oxygens (including phenoxy) is 1. The van der Waals surface area contributed by atoms with Crippen LogP contribution in [0.5, 0.6) is 0 Å². The Kier molecular flexibility index (Phi) is 3.60. The lowest BCUT2D eigenvalue weighted by Crippen LogP contribution is -2.58. The monoisotopic (exact) mass is 281 g/mol. The predicted molar refractivity (Wildman–Crippen MR) is 70.2 cm³/mol. The van der Waals surface area contributed by atoms with Crippen LogP contribution in [0.25, 0.3) is 0 Å². The molecule has 1 fully saturated rings. The number of aliphatic carboxylic acids is 1. The van der Waals surface area contributed by atoms with E-state index in [1.165, 1.54) is 6.26 Å². The molecule has 1 amide bonds. The standard InChI is InChI=1S/C14H19NO5/c1-8-5-6-19-11(8)10-12(13(17)18)20-7-9(16)15(10)14(2,3)4/h5-6,10,12H,7H2,1-4H3,(H,17,18). The van der Waals surface area contributed by atoms with E-state index in [4.69, 9.17) is 9.15 Å². The number of morpholine rings is 1. The summed E-state index contributed by atoms with van der Waals surface area (Å²) in [5, 5.41) is 9.36. The van der Waals surface area contributed by atoms with Gasteiger partial charge in [-0.05, 0) is 39.3 Å². The number of hydrogen-bond acceptors (Lipinski definition) is 4. The van der Waals surface area contributed by atoms with Gasteiger partial charge in [0.2, 0.25) is 5.91 Å². The number of carboxylic acids is 1. The first-order valence-corrected chi connectivity index (χ1v) is 6.44. The van der Waals surface area contributed by atoms with Crippen LogP contribution in [-0.2, 0) is 14.3 Å². The Morgan fingerprint density at radius 1 is 1.45 bits per heavy atom. The van der Waals surface area contributed by atoms with Crippen molar-refractivity contribution in [1.29, 1.82) is 0 Å². The molecule has 0 aliphatic carbocycles. The smallest absolute Gasteiger partial charge is 0.335 e. The number of carboxylic acid groups (broad SMARTS) is 1. The van der Waals surface area contributed by atoms with Gasteiger partial charge in [-0.3, -0.25) is 4.79 Å². The Hall–Kier alpha value is -1.82. The molecular formula is C14H19NO5. The van der Waals surface area contributed by atoms with Crippen molar-refractivity contribution >= 4 is 11.9 Å². The van der Waals surface area contributed by atoms with Gasteiger partial charge in [-0.15, -0.1) is 0 Å². The van der Waals surface area contributed by atoms with Crippen molar-refractivity contribution < 1.29 is 23.8 Å². The molecule has 1 saturated heterocycles. The van der Waals surface area contributed by atoms with Crippen molar-refractivity contribution in [3.63, 3.8) is 0 Å². The van der Waals surface area contributed by atoms with E-state index in [0.717, 1.165) is 5.56 Å². The third kappa shape index (κ3) is 2.43. The van der Waals surface area contributed by atoms with Gasteiger partial charge in [0.25, 0.3) is 0 Å². The number of amides is 1. The summed E-state index contributed by atoms with van der Waals surface area (Å²) < 4.78 is 10.6. The molecule has 0 bridgehead atoms. The number of furan rings is 1. The molecule has 6 nitrogen and oxygen atoms in total. The molecule has 0 spiro atoms. The maximum Gasteiger partial charge on any atom is 0.335 e. The van der Waals surface area contributed by atoms with Crippen LogP contribution in [0.1, 0.15) is 38.1 Å². The predicted octanol–water partition coefficient (Wildman–Crippen LogP) is 1.74. The summed E-state index contributed by atoms with van der Waals surface area (Å²) >= 11 is 0. The fourth-order valence-corrected chi connectivity index (χ4v) is 2.55. The van der Waals surface area contributed by atoms with Crippen LogP contribution in [-0.4, -0.2) is 40.1 Å². The summed E-state index contributed by atoms with van der Waals surface area (Å²) in [4.78, 5) is 25.2. The average molecular weight is 281 g/mol. The molecule has 1 aromatic rings. The first kappa shape index (κ1) is 14.6. The van der Waals surface area contributed by atoms with Crippen molar-refractivity contribution in [2.75, 3.05) is 6.61 Å². The van der Waals surface area contributed by atoms with Crippen LogP contribution in [0.3, 0.4) is 0 Å². The lowest BCUT2D eigenvalue weighted by atomic mass is 9.94. The van der Waals surface area contributed by atoms with Crippen LogP contribution in [0, 0.1) is 6.92 Å². The van der Waals surface area contributed by atoms with E-state index in [-0.39, 0.29) is 12.5 Å². The minimum absolute atomic E-state index is 0.232. The summed E-state index contributed by atoms with van der Waals surface area (Å²) in [6.45, 7) is 7.17. The molecule has 1 N–H and O–H groups in total. The number of hydrogen-bond donors (Lipinski definition) is 1. The van der Waals surface area contributed by atoms with Crippen LogP contribution in [0.15, 0.2) is 16.7 Å². The van der Waals surface area contributed by atoms with Gasteiger partial charge in [0.05, 0.1) is 6.26 Å². The molecule has 2 heterocycles. The summed E-state index contributed by atoms with van der Waals surface area (Å²) in [5.74, 6) is -0.885. The number of carbonyl (C=O) groups is 2. The Balaban J connectivity index is 2.53. The molecule has 20 heavy (non-hydrogen) atoms. The zero-order valence-corrected chi connectivity index (χ0v) is 12.0. The second-order valence-corrected chi connectivity index (χ2v) is 5.92. The molecule has 2 unspecified atom stereocenters. The van der Waals surface area contributed by atoms with Crippen LogP contribution in [0.4, 0.5) is 0 Å². The fourth-order valence-electron chi connectivity index (χ4n) is 2.55. The van der Waals surface area contributed by atoms with E-state index < -0.39 is 23.7 Å². The number of rotatable bonds is 2. The van der Waals surface area contributed by atoms with Gasteiger partial charge in [-0.2, -0.15) is 0 Å². The van der Waals surface area contributed by atoms with Gasteiger partial charge in [0, 0.05) is 5.54 Å². The third-order valence-corrected chi connectivity index (χ3v) is 3.36. The van der Waals surface area contributed by atoms with Crippen molar-refractivity contribution in [3.8, 4) is 0 Å². The highest BCUT2D eigenvalue weighted by molar-refractivity contribution is 5.83. The van der Waals surface area contributed by atoms with Crippen molar-refractivity contribution in [3.05, 3.63) is 23.7 Å². The van der Waals surface area contributed by atoms with E-state index >= 15 is 0 Å². The first-order chi connectivity index (χ1) is 9.23. The quantitative estimate of drug-likeness (QED) is 0.893. The number of carbonyl (C=O) groups excluding carboxylic acids is 1. The summed E-state index contributed by atoms with van der Waals surface area (Å²) in [6, 6.07) is 0.984. The highest BCUT2D eigenvalue weighted by atomic mass is 16.5. The van der Waals surface area contributed by atoms with E-state index in [1.54, 1.807) is 11.0 Å². The lowest BCUT2D eigenvalue weighted by molar-refractivity contribution is -0.181. The molecular weight excluding hydrogens is 262 g/mol. The van der Waals surface area contributed by atoms with Gasteiger partial charge < -0.3 is 19.2 Å². The highest BCUT2D eigenvalue weighted by Gasteiger charge is 2.47. The molecule has 0 radical (unpaired) electrons. The van der Waals surface area contributed by atoms with E-state index in [2.05, 4.69) is 0 Å². The second-order valence-electron chi connectivity index (χ2n) is 5.92. The molecule has 1 aliphatic heterocycles. The minimum atomic E-state index is -1.13. The van der Waals surface area contributed by atoms with Gasteiger partial charge in [-0.1, -0.05) is 0 Å². The third-order valence-electron chi connectivity index (χ3n) is 3.36. The van der Waals surface area contributed by atoms with Gasteiger partial charge >= 0.3 is 5.97 Å². The van der Waals surface area contributed by atoms with Gasteiger partial charge in [0.1, 0.15) is 18.4 Å². The molecule has 1 aliphatic rings. The van der Waals surface area contributed by atoms with E-state index in [9.17, 15) is 14.7 Å². The van der Waals surface area contributed by atoms with Crippen LogP contribution >= 0.6 is 0 Å². The zero-order chi connectivity index (χ0) is 15.1. The summed E-state index contributed by atoms with van der Waals surface area (Å²) in [5.41, 5.74) is 0.271. The Labute approximate surface area is 117 Å². The maximum absolute atomic E-state index is 12.2. The van der Waals surface area contributed by atoms with Crippen molar-refractivity contribution in [1.82, 2.24) is 4.90 Å². The molecule has 1 aromatic heterocycles. The number of nitrogens with zero attached hydrogens (tertiary/aromatic N) is 1. The second kappa shape index (κ2) is 4.94. The van der Waals surface area contributed by atoms with Crippen LogP contribution < -0.4 is 0 Å². The SMILES string of the molecule is Cc1ccoc1C1C(C(=O)O)OCC(=O)N1C(C)(C)C. The van der Waals surface area contributed by atoms with E-state index in [0.29, 0.717) is 5.76 Å². The first-order valence-electron chi connectivity index (χ1n) is 6.44. The number of aryl methyl sites for hydroxylation is 1. The van der Waals surface area contributed by atoms with Gasteiger partial charge in [-0.25, -0.2) is 4.79 Å². The summed E-state index contributed by atoms with van der Waals surface area (Å²) in [7, 11) is 0. The summed E-state index contributed by atoms with van der Waals surface area (Å²) in [6.07, 6.45) is 0.362. The zero-order valence-electron chi connectivity index (χ0n) is 12.0. The maximum atomic E-state index is 12.2. The minimum Gasteiger partial charge on any atom is -0.479 e. The molecule has 0 aromatic carbocycles. The average Bonchev–Trinajstić information content (AvgIpc) is 2.72. The normalized spacial score (nSPS) is 24.0.